The van der Waals surface area contributed by atoms with Crippen LogP contribution in [0.3, 0.4) is 0 Å². The molecule has 0 aliphatic rings. The summed E-state index contributed by atoms with van der Waals surface area (Å²) in [5.74, 6) is 0.135. The number of hydrogen-bond acceptors (Lipinski definition) is 4. The number of benzene rings is 1. The van der Waals surface area contributed by atoms with Gasteiger partial charge in [0.25, 0.3) is 0 Å². The number of nitrogens with zero attached hydrogens (tertiary/aromatic N) is 1. The zero-order valence-corrected chi connectivity index (χ0v) is 9.15. The van der Waals surface area contributed by atoms with Crippen LogP contribution in [0.25, 0.3) is 0 Å². The number of nitrogens with one attached hydrogen (secondary N) is 1. The predicted molar refractivity (Wildman–Crippen MR) is 60.0 cm³/mol. The number of carbonyl (C=O) groups excluding carboxylic acids is 1. The average molecular weight is 219 g/mol. The molecule has 0 spiro atoms. The smallest absolute Gasteiger partial charge is 0.241 e. The summed E-state index contributed by atoms with van der Waals surface area (Å²) in [5.41, 5.74) is 6.40. The molecule has 3 N–H and O–H groups in total. The third kappa shape index (κ3) is 2.72. The van der Waals surface area contributed by atoms with Crippen molar-refractivity contribution in [3.05, 3.63) is 23.8 Å². The molecule has 0 radical (unpaired) electrons. The van der Waals surface area contributed by atoms with Crippen LogP contribution in [0.2, 0.25) is 0 Å². The number of hydrogen-bond donors (Lipinski definition) is 2. The molecule has 16 heavy (non-hydrogen) atoms. The minimum atomic E-state index is -0.597. The van der Waals surface area contributed by atoms with Crippen LogP contribution in [0.15, 0.2) is 18.2 Å². The van der Waals surface area contributed by atoms with Gasteiger partial charge in [0.2, 0.25) is 5.91 Å². The Labute approximate surface area is 93.8 Å². The summed E-state index contributed by atoms with van der Waals surface area (Å²) in [5, 5.41) is 11.3. The van der Waals surface area contributed by atoms with Gasteiger partial charge in [0.05, 0.1) is 30.5 Å². The van der Waals surface area contributed by atoms with E-state index in [-0.39, 0.29) is 5.91 Å². The fourth-order valence-electron chi connectivity index (χ4n) is 1.11. The molecule has 1 aromatic carbocycles. The second-order valence-electron chi connectivity index (χ2n) is 3.30. The lowest BCUT2D eigenvalue weighted by atomic mass is 10.2. The summed E-state index contributed by atoms with van der Waals surface area (Å²) in [4.78, 5) is 11.4. The van der Waals surface area contributed by atoms with Crippen molar-refractivity contribution in [3.63, 3.8) is 0 Å². The van der Waals surface area contributed by atoms with Crippen molar-refractivity contribution in [1.82, 2.24) is 0 Å². The summed E-state index contributed by atoms with van der Waals surface area (Å²) in [7, 11) is 1.47. The van der Waals surface area contributed by atoms with Gasteiger partial charge in [0.15, 0.2) is 0 Å². The van der Waals surface area contributed by atoms with Crippen molar-refractivity contribution >= 4 is 11.6 Å². The maximum Gasteiger partial charge on any atom is 0.241 e. The highest BCUT2D eigenvalue weighted by Gasteiger charge is 2.11. The molecule has 1 amide bonds. The minimum absolute atomic E-state index is 0.303. The second kappa shape index (κ2) is 5.14. The monoisotopic (exact) mass is 219 g/mol. The molecule has 0 aromatic heterocycles. The van der Waals surface area contributed by atoms with E-state index in [2.05, 4.69) is 5.32 Å². The van der Waals surface area contributed by atoms with Gasteiger partial charge in [0, 0.05) is 6.07 Å². The van der Waals surface area contributed by atoms with Gasteiger partial charge < -0.3 is 15.8 Å². The number of ether oxygens (including phenoxy) is 1. The van der Waals surface area contributed by atoms with Crippen LogP contribution in [-0.4, -0.2) is 19.1 Å². The van der Waals surface area contributed by atoms with E-state index >= 15 is 0 Å². The highest BCUT2D eigenvalue weighted by Crippen LogP contribution is 2.25. The van der Waals surface area contributed by atoms with Crippen molar-refractivity contribution in [2.75, 3.05) is 12.4 Å². The van der Waals surface area contributed by atoms with E-state index in [0.29, 0.717) is 17.0 Å². The summed E-state index contributed by atoms with van der Waals surface area (Å²) in [6, 6.07) is 6.15. The number of rotatable bonds is 3. The molecule has 0 unspecified atom stereocenters. The molecular formula is C11H13N3O2. The van der Waals surface area contributed by atoms with Gasteiger partial charge in [-0.2, -0.15) is 5.26 Å². The first-order valence-corrected chi connectivity index (χ1v) is 4.73. The Kier molecular flexibility index (Phi) is 3.86. The second-order valence-corrected chi connectivity index (χ2v) is 3.30. The molecule has 5 nitrogen and oxygen atoms in total. The first-order chi connectivity index (χ1) is 7.58. The number of methoxy groups -OCH3 is 1. The lowest BCUT2D eigenvalue weighted by Crippen LogP contribution is -2.32. The Morgan fingerprint density at radius 2 is 2.31 bits per heavy atom. The van der Waals surface area contributed by atoms with Gasteiger partial charge in [-0.25, -0.2) is 0 Å². The van der Waals surface area contributed by atoms with E-state index in [1.807, 2.05) is 6.07 Å². The Hall–Kier alpha value is -2.06. The molecule has 0 aliphatic carbocycles. The van der Waals surface area contributed by atoms with Gasteiger partial charge in [-0.05, 0) is 19.1 Å². The number of carbonyl (C=O) groups is 1. The topological polar surface area (TPSA) is 88.1 Å². The Balaban J connectivity index is 2.97. The highest BCUT2D eigenvalue weighted by atomic mass is 16.5. The molecule has 1 rings (SSSR count). The fourth-order valence-corrected chi connectivity index (χ4v) is 1.11. The quantitative estimate of drug-likeness (QED) is 0.788. The molecule has 1 atom stereocenters. The van der Waals surface area contributed by atoms with Crippen LogP contribution in [0.5, 0.6) is 5.75 Å². The van der Waals surface area contributed by atoms with E-state index in [0.717, 1.165) is 0 Å². The van der Waals surface area contributed by atoms with Gasteiger partial charge >= 0.3 is 0 Å². The maximum atomic E-state index is 11.4. The van der Waals surface area contributed by atoms with E-state index in [1.165, 1.54) is 7.11 Å². The van der Waals surface area contributed by atoms with Crippen molar-refractivity contribution in [2.24, 2.45) is 5.73 Å². The summed E-state index contributed by atoms with van der Waals surface area (Å²) in [6.07, 6.45) is 0. The number of anilines is 1. The SMILES string of the molecule is COc1cc(C#N)ccc1NC(=O)[C@H](C)N. The van der Waals surface area contributed by atoms with Crippen LogP contribution < -0.4 is 15.8 Å². The van der Waals surface area contributed by atoms with Gasteiger partial charge in [-0.15, -0.1) is 0 Å². The molecule has 1 aromatic rings. The molecule has 5 heteroatoms. The molecule has 84 valence electrons. The van der Waals surface area contributed by atoms with Gasteiger partial charge in [-0.1, -0.05) is 0 Å². The van der Waals surface area contributed by atoms with Crippen LogP contribution in [0.4, 0.5) is 5.69 Å². The van der Waals surface area contributed by atoms with Crippen LogP contribution in [-0.2, 0) is 4.79 Å². The average Bonchev–Trinajstić information content (AvgIpc) is 2.29. The normalized spacial score (nSPS) is 11.4. The van der Waals surface area contributed by atoms with Crippen molar-refractivity contribution < 1.29 is 9.53 Å². The third-order valence-electron chi connectivity index (χ3n) is 2.00. The summed E-state index contributed by atoms with van der Waals surface area (Å²) < 4.78 is 5.06. The zero-order valence-electron chi connectivity index (χ0n) is 9.15. The molecule has 0 heterocycles. The van der Waals surface area contributed by atoms with Crippen LogP contribution >= 0.6 is 0 Å². The molecule has 0 aliphatic heterocycles. The standard InChI is InChI=1S/C11H13N3O2/c1-7(13)11(15)14-9-4-3-8(6-12)5-10(9)16-2/h3-5,7H,13H2,1-2H3,(H,14,15)/t7-/m0/s1. The largest absolute Gasteiger partial charge is 0.495 e. The van der Waals surface area contributed by atoms with E-state index in [9.17, 15) is 4.79 Å². The molecule has 0 saturated carbocycles. The molecule has 0 bridgehead atoms. The molecular weight excluding hydrogens is 206 g/mol. The number of nitriles is 1. The Morgan fingerprint density at radius 1 is 1.62 bits per heavy atom. The van der Waals surface area contributed by atoms with Crippen molar-refractivity contribution in [2.45, 2.75) is 13.0 Å². The Bertz CT molecular complexity index is 435. The lowest BCUT2D eigenvalue weighted by molar-refractivity contribution is -0.117. The van der Waals surface area contributed by atoms with E-state index in [1.54, 1.807) is 25.1 Å². The van der Waals surface area contributed by atoms with Crippen molar-refractivity contribution in [3.8, 4) is 11.8 Å². The highest BCUT2D eigenvalue weighted by molar-refractivity contribution is 5.95. The molecule has 0 saturated heterocycles. The third-order valence-corrected chi connectivity index (χ3v) is 2.00. The van der Waals surface area contributed by atoms with Crippen LogP contribution in [0, 0.1) is 11.3 Å². The van der Waals surface area contributed by atoms with Gasteiger partial charge in [0.1, 0.15) is 5.75 Å². The van der Waals surface area contributed by atoms with Crippen molar-refractivity contribution in [1.29, 1.82) is 5.26 Å². The lowest BCUT2D eigenvalue weighted by Gasteiger charge is -2.11. The summed E-state index contributed by atoms with van der Waals surface area (Å²) in [6.45, 7) is 1.59. The van der Waals surface area contributed by atoms with Gasteiger partial charge in [-0.3, -0.25) is 4.79 Å². The first-order valence-electron chi connectivity index (χ1n) is 4.73. The van der Waals surface area contributed by atoms with E-state index in [4.69, 9.17) is 15.7 Å². The summed E-state index contributed by atoms with van der Waals surface area (Å²) >= 11 is 0. The number of nitrogens with two attached hydrogens (primary N) is 1. The number of amides is 1. The van der Waals surface area contributed by atoms with Crippen LogP contribution in [0.1, 0.15) is 12.5 Å². The first kappa shape index (κ1) is 12.0. The zero-order chi connectivity index (χ0) is 12.1. The predicted octanol–water partition coefficient (Wildman–Crippen LogP) is 0.853. The molecule has 0 fully saturated rings. The Morgan fingerprint density at radius 3 is 2.81 bits per heavy atom. The fraction of sp³-hybridized carbons (Fsp3) is 0.273. The maximum absolute atomic E-state index is 11.4. The van der Waals surface area contributed by atoms with E-state index < -0.39 is 6.04 Å². The minimum Gasteiger partial charge on any atom is -0.495 e.